The molecule has 2 amide bonds. The average molecular weight is 221 g/mol. The van der Waals surface area contributed by atoms with Gasteiger partial charge in [-0.2, -0.15) is 0 Å². The Bertz CT molecular complexity index is 330. The molecular formula is C6H6Cl2N4O. The summed E-state index contributed by atoms with van der Waals surface area (Å²) < 4.78 is 0. The second-order valence-electron chi connectivity index (χ2n) is 2.05. The second-order valence-corrected chi connectivity index (χ2v) is 2.74. The van der Waals surface area contributed by atoms with Crippen molar-refractivity contribution < 1.29 is 4.79 Å². The quantitative estimate of drug-likeness (QED) is 0.558. The third-order valence-electron chi connectivity index (χ3n) is 1.19. The number of hydrogen-bond donors (Lipinski definition) is 2. The van der Waals surface area contributed by atoms with Crippen LogP contribution in [0.1, 0.15) is 0 Å². The van der Waals surface area contributed by atoms with Crippen molar-refractivity contribution in [2.75, 3.05) is 12.4 Å². The van der Waals surface area contributed by atoms with Crippen LogP contribution in [-0.4, -0.2) is 23.0 Å². The Morgan fingerprint density at radius 2 is 2.23 bits per heavy atom. The number of rotatable bonds is 1. The maximum absolute atomic E-state index is 10.8. The van der Waals surface area contributed by atoms with Gasteiger partial charge in [0, 0.05) is 7.05 Å². The van der Waals surface area contributed by atoms with E-state index < -0.39 is 6.03 Å². The highest BCUT2D eigenvalue weighted by Gasteiger charge is 2.05. The first-order chi connectivity index (χ1) is 6.13. The van der Waals surface area contributed by atoms with Crippen LogP contribution in [-0.2, 0) is 0 Å². The van der Waals surface area contributed by atoms with Gasteiger partial charge in [0.1, 0.15) is 0 Å². The number of carbonyl (C=O) groups is 1. The number of halogens is 2. The summed E-state index contributed by atoms with van der Waals surface area (Å²) in [6.45, 7) is 0. The number of aromatic nitrogens is 2. The molecule has 0 aliphatic carbocycles. The van der Waals surface area contributed by atoms with E-state index in [0.717, 1.165) is 0 Å². The summed E-state index contributed by atoms with van der Waals surface area (Å²) in [4.78, 5) is 18.1. The van der Waals surface area contributed by atoms with Gasteiger partial charge in [-0.25, -0.2) is 14.8 Å². The first kappa shape index (κ1) is 10.0. The van der Waals surface area contributed by atoms with E-state index in [2.05, 4.69) is 20.6 Å². The van der Waals surface area contributed by atoms with Crippen molar-refractivity contribution in [2.24, 2.45) is 0 Å². The third kappa shape index (κ3) is 2.71. The molecule has 0 fully saturated rings. The fraction of sp³-hybridized carbons (Fsp3) is 0.167. The van der Waals surface area contributed by atoms with Crippen LogP contribution in [0, 0.1) is 0 Å². The number of nitrogens with zero attached hydrogens (tertiary/aromatic N) is 2. The molecule has 0 aliphatic heterocycles. The maximum Gasteiger partial charge on any atom is 0.319 e. The molecule has 0 aliphatic rings. The molecule has 0 saturated carbocycles. The number of carbonyl (C=O) groups excluding carboxylic acids is 1. The minimum atomic E-state index is -0.396. The molecule has 0 bridgehead atoms. The van der Waals surface area contributed by atoms with E-state index in [-0.39, 0.29) is 10.4 Å². The van der Waals surface area contributed by atoms with Gasteiger partial charge in [0.05, 0.1) is 11.9 Å². The normalized spacial score (nSPS) is 9.46. The molecule has 1 heterocycles. The molecule has 1 aromatic rings. The largest absolute Gasteiger partial charge is 0.341 e. The Balaban J connectivity index is 2.83. The number of hydrogen-bond acceptors (Lipinski definition) is 3. The molecule has 0 aromatic carbocycles. The number of urea groups is 1. The maximum atomic E-state index is 10.8. The van der Waals surface area contributed by atoms with Gasteiger partial charge in [-0.3, -0.25) is 0 Å². The molecule has 0 unspecified atom stereocenters. The number of amides is 2. The van der Waals surface area contributed by atoms with Gasteiger partial charge in [0.2, 0.25) is 5.28 Å². The summed E-state index contributed by atoms with van der Waals surface area (Å²) in [5, 5.41) is 4.91. The lowest BCUT2D eigenvalue weighted by molar-refractivity contribution is 0.254. The highest BCUT2D eigenvalue weighted by molar-refractivity contribution is 6.34. The molecule has 0 radical (unpaired) electrons. The van der Waals surface area contributed by atoms with E-state index in [1.165, 1.54) is 13.2 Å². The van der Waals surface area contributed by atoms with Crippen molar-refractivity contribution in [2.45, 2.75) is 0 Å². The van der Waals surface area contributed by atoms with Crippen LogP contribution in [0.2, 0.25) is 10.4 Å². The zero-order valence-electron chi connectivity index (χ0n) is 6.64. The lowest BCUT2D eigenvalue weighted by atomic mass is 10.5. The fourth-order valence-corrected chi connectivity index (χ4v) is 0.962. The summed E-state index contributed by atoms with van der Waals surface area (Å²) in [6.07, 6.45) is 1.33. The summed E-state index contributed by atoms with van der Waals surface area (Å²) >= 11 is 11.1. The predicted octanol–water partition coefficient (Wildman–Crippen LogP) is 1.53. The van der Waals surface area contributed by atoms with Gasteiger partial charge >= 0.3 is 6.03 Å². The first-order valence-corrected chi connectivity index (χ1v) is 4.06. The smallest absolute Gasteiger partial charge is 0.319 e. The molecule has 70 valence electrons. The van der Waals surface area contributed by atoms with Crippen molar-refractivity contribution in [1.82, 2.24) is 15.3 Å². The van der Waals surface area contributed by atoms with Crippen LogP contribution < -0.4 is 10.6 Å². The Kier molecular flexibility index (Phi) is 3.27. The van der Waals surface area contributed by atoms with Crippen molar-refractivity contribution in [3.05, 3.63) is 16.6 Å². The molecule has 1 aromatic heterocycles. The van der Waals surface area contributed by atoms with Crippen LogP contribution in [0.25, 0.3) is 0 Å². The molecule has 0 saturated heterocycles. The topological polar surface area (TPSA) is 66.9 Å². The van der Waals surface area contributed by atoms with Gasteiger partial charge in [-0.05, 0) is 11.6 Å². The van der Waals surface area contributed by atoms with E-state index in [9.17, 15) is 4.79 Å². The highest BCUT2D eigenvalue weighted by atomic mass is 35.5. The molecule has 5 nitrogen and oxygen atoms in total. The predicted molar refractivity (Wildman–Crippen MR) is 50.1 cm³/mol. The summed E-state index contributed by atoms with van der Waals surface area (Å²) in [5.41, 5.74) is 0.311. The molecule has 0 atom stereocenters. The minimum Gasteiger partial charge on any atom is -0.341 e. The summed E-state index contributed by atoms with van der Waals surface area (Å²) in [6, 6.07) is -0.396. The minimum absolute atomic E-state index is 0.0347. The molecule has 0 spiro atoms. The molecule has 1 rings (SSSR count). The van der Waals surface area contributed by atoms with E-state index in [0.29, 0.717) is 5.69 Å². The van der Waals surface area contributed by atoms with Gasteiger partial charge in [0.15, 0.2) is 5.15 Å². The molecule has 7 heteroatoms. The Morgan fingerprint density at radius 1 is 1.54 bits per heavy atom. The van der Waals surface area contributed by atoms with E-state index >= 15 is 0 Å². The Morgan fingerprint density at radius 3 is 2.77 bits per heavy atom. The van der Waals surface area contributed by atoms with Crippen molar-refractivity contribution in [3.8, 4) is 0 Å². The van der Waals surface area contributed by atoms with E-state index in [1.54, 1.807) is 0 Å². The standard InChI is InChI=1S/C6H6Cl2N4O/c1-9-6(13)11-3-2-10-5(8)12-4(3)7/h2H,1H3,(H2,9,11,13). The zero-order chi connectivity index (χ0) is 9.84. The van der Waals surface area contributed by atoms with Crippen molar-refractivity contribution >= 4 is 34.9 Å². The third-order valence-corrected chi connectivity index (χ3v) is 1.66. The zero-order valence-corrected chi connectivity index (χ0v) is 8.15. The summed E-state index contributed by atoms with van der Waals surface area (Å²) in [7, 11) is 1.49. The SMILES string of the molecule is CNC(=O)Nc1cnc(Cl)nc1Cl. The van der Waals surface area contributed by atoms with Gasteiger partial charge in [-0.15, -0.1) is 0 Å². The molecule has 2 N–H and O–H groups in total. The number of nitrogens with one attached hydrogen (secondary N) is 2. The fourth-order valence-electron chi connectivity index (χ4n) is 0.610. The lowest BCUT2D eigenvalue weighted by Gasteiger charge is -2.04. The Hall–Kier alpha value is -1.07. The molecule has 13 heavy (non-hydrogen) atoms. The van der Waals surface area contributed by atoms with Crippen LogP contribution in [0.4, 0.5) is 10.5 Å². The van der Waals surface area contributed by atoms with Gasteiger partial charge in [-0.1, -0.05) is 11.6 Å². The van der Waals surface area contributed by atoms with E-state index in [4.69, 9.17) is 23.2 Å². The van der Waals surface area contributed by atoms with Crippen molar-refractivity contribution in [3.63, 3.8) is 0 Å². The summed E-state index contributed by atoms with van der Waals surface area (Å²) in [5.74, 6) is 0. The molecular weight excluding hydrogens is 215 g/mol. The van der Waals surface area contributed by atoms with Crippen molar-refractivity contribution in [1.29, 1.82) is 0 Å². The van der Waals surface area contributed by atoms with Crippen LogP contribution in [0.5, 0.6) is 0 Å². The highest BCUT2D eigenvalue weighted by Crippen LogP contribution is 2.18. The van der Waals surface area contributed by atoms with Gasteiger partial charge < -0.3 is 10.6 Å². The van der Waals surface area contributed by atoms with Crippen LogP contribution in [0.15, 0.2) is 6.20 Å². The monoisotopic (exact) mass is 220 g/mol. The first-order valence-electron chi connectivity index (χ1n) is 3.30. The number of anilines is 1. The van der Waals surface area contributed by atoms with Gasteiger partial charge in [0.25, 0.3) is 0 Å². The lowest BCUT2D eigenvalue weighted by Crippen LogP contribution is -2.24. The van der Waals surface area contributed by atoms with Crippen LogP contribution in [0.3, 0.4) is 0 Å². The van der Waals surface area contributed by atoms with Crippen LogP contribution >= 0.6 is 23.2 Å². The average Bonchev–Trinajstić information content (AvgIpc) is 2.09. The second kappa shape index (κ2) is 4.25. The van der Waals surface area contributed by atoms with E-state index in [1.807, 2.05) is 0 Å². The Labute approximate surface area is 84.5 Å².